The number of anilines is 1. The van der Waals surface area contributed by atoms with E-state index < -0.39 is 16.6 Å². The highest BCUT2D eigenvalue weighted by atomic mass is 28.4. The Hall–Kier alpha value is -1.56. The van der Waals surface area contributed by atoms with Gasteiger partial charge < -0.3 is 19.2 Å². The summed E-state index contributed by atoms with van der Waals surface area (Å²) in [5.41, 5.74) is 7.43. The van der Waals surface area contributed by atoms with E-state index in [0.29, 0.717) is 17.9 Å². The van der Waals surface area contributed by atoms with E-state index in [1.165, 1.54) is 6.33 Å². The minimum Gasteiger partial charge on any atom is -0.416 e. The standard InChI is InChI=1S/C24H43N5O2Si2/c1-23(2,3)32(7,8)30-14-17-11-12-18(13-19(17)31-33(9,10)24(4,5)6)29-16-28-20-21(25)26-15-27-22(20)29/h11-12,15-19H,13-14H2,1-10H3,(H2,25,26,27). The molecule has 2 N–H and O–H groups in total. The number of aromatic nitrogens is 4. The predicted octanol–water partition coefficient (Wildman–Crippen LogP) is 5.94. The molecule has 1 aliphatic carbocycles. The molecule has 7 nitrogen and oxygen atoms in total. The van der Waals surface area contributed by atoms with Crippen LogP contribution in [0, 0.1) is 5.92 Å². The molecular weight excluding hydrogens is 446 g/mol. The minimum atomic E-state index is -1.97. The summed E-state index contributed by atoms with van der Waals surface area (Å²) in [6.45, 7) is 23.7. The fourth-order valence-corrected chi connectivity index (χ4v) is 6.00. The largest absolute Gasteiger partial charge is 0.416 e. The molecule has 9 heteroatoms. The van der Waals surface area contributed by atoms with Crippen LogP contribution in [0.5, 0.6) is 0 Å². The van der Waals surface area contributed by atoms with E-state index in [-0.39, 0.29) is 28.1 Å². The number of nitrogen functional groups attached to an aromatic ring is 1. The third-order valence-corrected chi connectivity index (χ3v) is 17.0. The zero-order chi connectivity index (χ0) is 24.8. The number of rotatable bonds is 6. The molecule has 2 aromatic heterocycles. The van der Waals surface area contributed by atoms with E-state index in [1.807, 2.05) is 6.33 Å². The van der Waals surface area contributed by atoms with E-state index in [9.17, 15) is 0 Å². The van der Waals surface area contributed by atoms with Crippen LogP contribution in [0.2, 0.25) is 36.3 Å². The average Bonchev–Trinajstić information content (AvgIpc) is 3.10. The summed E-state index contributed by atoms with van der Waals surface area (Å²) in [5.74, 6) is 0.632. The molecule has 184 valence electrons. The SMILES string of the molecule is CC(C)(C)[Si](C)(C)OCC1C=CC(n2cnc3c(N)ncnc32)CC1O[Si](C)(C)C(C)(C)C. The van der Waals surface area contributed by atoms with Gasteiger partial charge in [0.25, 0.3) is 0 Å². The topological polar surface area (TPSA) is 88.1 Å². The van der Waals surface area contributed by atoms with Gasteiger partial charge in [-0.05, 0) is 42.7 Å². The fourth-order valence-electron chi connectivity index (χ4n) is 3.58. The number of fused-ring (bicyclic) bond motifs is 1. The van der Waals surface area contributed by atoms with Crippen molar-refractivity contribution < 1.29 is 8.85 Å². The molecule has 0 radical (unpaired) electrons. The number of imidazole rings is 1. The first kappa shape index (κ1) is 26.1. The van der Waals surface area contributed by atoms with Gasteiger partial charge in [0.1, 0.15) is 11.8 Å². The molecule has 0 aliphatic heterocycles. The first-order valence-corrected chi connectivity index (χ1v) is 17.8. The Labute approximate surface area is 201 Å². The van der Waals surface area contributed by atoms with Crippen molar-refractivity contribution in [1.82, 2.24) is 19.5 Å². The van der Waals surface area contributed by atoms with Gasteiger partial charge in [-0.1, -0.05) is 53.7 Å². The van der Waals surface area contributed by atoms with Crippen molar-refractivity contribution in [2.24, 2.45) is 5.92 Å². The zero-order valence-corrected chi connectivity index (χ0v) is 24.1. The van der Waals surface area contributed by atoms with Gasteiger partial charge in [0, 0.05) is 12.5 Å². The molecule has 33 heavy (non-hydrogen) atoms. The maximum absolute atomic E-state index is 7.00. The average molecular weight is 490 g/mol. The Balaban J connectivity index is 1.90. The van der Waals surface area contributed by atoms with Gasteiger partial charge in [0.15, 0.2) is 28.1 Å². The number of nitrogens with zero attached hydrogens (tertiary/aromatic N) is 4. The summed E-state index contributed by atoms with van der Waals surface area (Å²) >= 11 is 0. The Morgan fingerprint density at radius 2 is 1.61 bits per heavy atom. The molecular formula is C24H43N5O2Si2. The molecule has 0 fully saturated rings. The molecule has 2 heterocycles. The number of allylic oxidation sites excluding steroid dienone is 1. The summed E-state index contributed by atoms with van der Waals surface area (Å²) < 4.78 is 15.7. The maximum atomic E-state index is 7.00. The van der Waals surface area contributed by atoms with Crippen molar-refractivity contribution in [3.8, 4) is 0 Å². The zero-order valence-electron chi connectivity index (χ0n) is 22.1. The number of hydrogen-bond acceptors (Lipinski definition) is 6. The van der Waals surface area contributed by atoms with Crippen LogP contribution in [-0.2, 0) is 8.85 Å². The maximum Gasteiger partial charge on any atom is 0.192 e. The van der Waals surface area contributed by atoms with Crippen LogP contribution in [0.4, 0.5) is 5.82 Å². The quantitative estimate of drug-likeness (QED) is 0.399. The molecule has 0 saturated carbocycles. The van der Waals surface area contributed by atoms with Crippen molar-refractivity contribution in [2.75, 3.05) is 12.3 Å². The number of nitrogens with two attached hydrogens (primary N) is 1. The lowest BCUT2D eigenvalue weighted by atomic mass is 9.90. The predicted molar refractivity (Wildman–Crippen MR) is 141 cm³/mol. The van der Waals surface area contributed by atoms with Crippen molar-refractivity contribution in [2.45, 2.75) is 96.4 Å². The Morgan fingerprint density at radius 1 is 0.970 bits per heavy atom. The molecule has 0 spiro atoms. The van der Waals surface area contributed by atoms with Crippen LogP contribution in [0.3, 0.4) is 0 Å². The van der Waals surface area contributed by atoms with Gasteiger partial charge in [-0.25, -0.2) is 15.0 Å². The highest BCUT2D eigenvalue weighted by molar-refractivity contribution is 6.74. The molecule has 1 aliphatic rings. The van der Waals surface area contributed by atoms with Crippen LogP contribution < -0.4 is 5.73 Å². The van der Waals surface area contributed by atoms with Crippen molar-refractivity contribution in [3.05, 3.63) is 24.8 Å². The van der Waals surface area contributed by atoms with E-state index in [4.69, 9.17) is 14.6 Å². The first-order chi connectivity index (χ1) is 15.0. The van der Waals surface area contributed by atoms with Crippen LogP contribution in [-0.4, -0.2) is 48.9 Å². The van der Waals surface area contributed by atoms with Gasteiger partial charge in [-0.2, -0.15) is 0 Å². The van der Waals surface area contributed by atoms with E-state index in [1.54, 1.807) is 0 Å². The summed E-state index contributed by atoms with van der Waals surface area (Å²) in [6, 6.07) is 0.100. The molecule has 2 aromatic rings. The Morgan fingerprint density at radius 3 is 2.21 bits per heavy atom. The fraction of sp³-hybridized carbons (Fsp3) is 0.708. The van der Waals surface area contributed by atoms with Gasteiger partial charge in [-0.3, -0.25) is 0 Å². The monoisotopic (exact) mass is 489 g/mol. The lowest BCUT2D eigenvalue weighted by Gasteiger charge is -2.44. The number of hydrogen-bond donors (Lipinski definition) is 1. The lowest BCUT2D eigenvalue weighted by molar-refractivity contribution is 0.0807. The van der Waals surface area contributed by atoms with Crippen LogP contribution >= 0.6 is 0 Å². The van der Waals surface area contributed by atoms with Crippen LogP contribution in [0.25, 0.3) is 11.2 Å². The smallest absolute Gasteiger partial charge is 0.192 e. The van der Waals surface area contributed by atoms with Crippen molar-refractivity contribution in [3.63, 3.8) is 0 Å². The second-order valence-corrected chi connectivity index (χ2v) is 22.0. The molecule has 3 unspecified atom stereocenters. The van der Waals surface area contributed by atoms with Gasteiger partial charge in [0.2, 0.25) is 0 Å². The molecule has 3 atom stereocenters. The van der Waals surface area contributed by atoms with Gasteiger partial charge in [0.05, 0.1) is 18.5 Å². The van der Waals surface area contributed by atoms with Crippen molar-refractivity contribution in [1.29, 1.82) is 0 Å². The molecule has 0 aromatic carbocycles. The first-order valence-electron chi connectivity index (χ1n) is 12.0. The summed E-state index contributed by atoms with van der Waals surface area (Å²) in [7, 11) is -3.82. The normalized spacial score (nSPS) is 22.8. The van der Waals surface area contributed by atoms with Crippen molar-refractivity contribution >= 4 is 33.6 Å². The summed E-state index contributed by atoms with van der Waals surface area (Å²) in [4.78, 5) is 13.0. The van der Waals surface area contributed by atoms with Gasteiger partial charge in [-0.15, -0.1) is 0 Å². The highest BCUT2D eigenvalue weighted by Gasteiger charge is 2.43. The molecule has 3 rings (SSSR count). The Kier molecular flexibility index (Phi) is 7.03. The molecule has 0 saturated heterocycles. The summed E-state index contributed by atoms with van der Waals surface area (Å²) in [6.07, 6.45) is 8.79. The van der Waals surface area contributed by atoms with Crippen LogP contribution in [0.1, 0.15) is 54.0 Å². The third kappa shape index (κ3) is 5.41. The molecule has 0 bridgehead atoms. The minimum absolute atomic E-state index is 0.0716. The second kappa shape index (κ2) is 8.90. The summed E-state index contributed by atoms with van der Waals surface area (Å²) in [5, 5.41) is 0.316. The highest BCUT2D eigenvalue weighted by Crippen LogP contribution is 2.42. The Bertz CT molecular complexity index is 1000. The lowest BCUT2D eigenvalue weighted by Crippen LogP contribution is -2.49. The van der Waals surface area contributed by atoms with E-state index in [2.05, 4.69) is 99.4 Å². The second-order valence-electron chi connectivity index (χ2n) is 12.4. The van der Waals surface area contributed by atoms with E-state index >= 15 is 0 Å². The van der Waals surface area contributed by atoms with Crippen LogP contribution in [0.15, 0.2) is 24.8 Å². The van der Waals surface area contributed by atoms with Gasteiger partial charge >= 0.3 is 0 Å². The molecule has 0 amide bonds. The van der Waals surface area contributed by atoms with E-state index in [0.717, 1.165) is 12.1 Å². The third-order valence-electron chi connectivity index (χ3n) is 7.97.